The van der Waals surface area contributed by atoms with E-state index >= 15 is 0 Å². The van der Waals surface area contributed by atoms with Gasteiger partial charge >= 0.3 is 0 Å². The summed E-state index contributed by atoms with van der Waals surface area (Å²) >= 11 is 0. The summed E-state index contributed by atoms with van der Waals surface area (Å²) in [5.74, 6) is 0.681. The molecule has 1 aliphatic heterocycles. The number of aliphatic imine (C=N–C) groups is 1. The minimum Gasteiger partial charge on any atom is -0.301 e. The number of nitrogens with zero attached hydrogens (tertiary/aromatic N) is 2. The lowest BCUT2D eigenvalue weighted by Crippen LogP contribution is -2.57. The highest BCUT2D eigenvalue weighted by Crippen LogP contribution is 2.56. The first kappa shape index (κ1) is 16.7. The zero-order valence-electron chi connectivity index (χ0n) is 15.4. The predicted octanol–water partition coefficient (Wildman–Crippen LogP) is 3.48. The minimum atomic E-state index is -0.654. The molecule has 0 aromatic heterocycles. The predicted molar refractivity (Wildman–Crippen MR) is 104 cm³/mol. The van der Waals surface area contributed by atoms with E-state index in [-0.39, 0.29) is 23.5 Å². The van der Waals surface area contributed by atoms with E-state index in [9.17, 15) is 9.59 Å². The maximum atomic E-state index is 13.5. The first-order valence-electron chi connectivity index (χ1n) is 10.0. The van der Waals surface area contributed by atoms with Crippen molar-refractivity contribution in [1.29, 1.82) is 0 Å². The van der Waals surface area contributed by atoms with Crippen LogP contribution in [0.3, 0.4) is 0 Å². The molecule has 1 aromatic carbocycles. The molecule has 3 atom stereocenters. The first-order valence-corrected chi connectivity index (χ1v) is 10.0. The Morgan fingerprint density at radius 2 is 1.93 bits per heavy atom. The van der Waals surface area contributed by atoms with Gasteiger partial charge < -0.3 is 4.90 Å². The number of amides is 1. The molecule has 0 N–H and O–H groups in total. The van der Waals surface area contributed by atoms with Crippen molar-refractivity contribution in [2.75, 3.05) is 6.54 Å². The lowest BCUT2D eigenvalue weighted by atomic mass is 9.55. The molecule has 1 amide bonds. The van der Waals surface area contributed by atoms with Crippen LogP contribution in [0.25, 0.3) is 0 Å². The van der Waals surface area contributed by atoms with Crippen LogP contribution in [0.1, 0.15) is 37.7 Å². The van der Waals surface area contributed by atoms with Crippen LogP contribution < -0.4 is 0 Å². The largest absolute Gasteiger partial charge is 0.301 e. The topological polar surface area (TPSA) is 49.7 Å². The van der Waals surface area contributed by atoms with E-state index < -0.39 is 5.54 Å². The van der Waals surface area contributed by atoms with Crippen LogP contribution in [-0.4, -0.2) is 35.0 Å². The summed E-state index contributed by atoms with van der Waals surface area (Å²) in [6.07, 6.45) is 10.6. The fraction of sp³-hybridized carbons (Fsp3) is 0.435. The number of allylic oxidation sites excluding steroid dienone is 3. The van der Waals surface area contributed by atoms with Crippen molar-refractivity contribution in [1.82, 2.24) is 4.90 Å². The average Bonchev–Trinajstić information content (AvgIpc) is 3.01. The Labute approximate surface area is 159 Å². The molecule has 6 rings (SSSR count). The molecular formula is C23H24N2O2. The van der Waals surface area contributed by atoms with Crippen molar-refractivity contribution in [3.05, 3.63) is 59.2 Å². The van der Waals surface area contributed by atoms with Crippen LogP contribution in [0.5, 0.6) is 0 Å². The molecule has 5 aliphatic rings. The van der Waals surface area contributed by atoms with E-state index in [1.165, 1.54) is 16.7 Å². The molecule has 1 heterocycles. The molecule has 0 radical (unpaired) electrons. The van der Waals surface area contributed by atoms with Gasteiger partial charge in [-0.25, -0.2) is 0 Å². The maximum Gasteiger partial charge on any atom is 0.256 e. The number of benzene rings is 1. The quantitative estimate of drug-likeness (QED) is 0.828. The van der Waals surface area contributed by atoms with Gasteiger partial charge in [-0.3, -0.25) is 14.6 Å². The number of rotatable bonds is 3. The van der Waals surface area contributed by atoms with Crippen LogP contribution in [-0.2, 0) is 16.0 Å². The van der Waals surface area contributed by atoms with E-state index in [1.54, 1.807) is 12.4 Å². The lowest BCUT2D eigenvalue weighted by Gasteiger charge is -2.50. The zero-order valence-corrected chi connectivity index (χ0v) is 15.4. The Morgan fingerprint density at radius 3 is 2.78 bits per heavy atom. The summed E-state index contributed by atoms with van der Waals surface area (Å²) in [6.45, 7) is 0.665. The van der Waals surface area contributed by atoms with Crippen molar-refractivity contribution in [2.24, 2.45) is 16.8 Å². The highest BCUT2D eigenvalue weighted by molar-refractivity contribution is 6.01. The average molecular weight is 360 g/mol. The number of fused-ring (bicyclic) bond motifs is 1. The van der Waals surface area contributed by atoms with E-state index in [0.29, 0.717) is 13.0 Å². The number of hydrogen-bond acceptors (Lipinski definition) is 3. The summed E-state index contributed by atoms with van der Waals surface area (Å²) in [7, 11) is 0. The van der Waals surface area contributed by atoms with Crippen LogP contribution in [0, 0.1) is 11.8 Å². The molecule has 1 unspecified atom stereocenters. The van der Waals surface area contributed by atoms with Gasteiger partial charge in [0.1, 0.15) is 0 Å². The Hall–Kier alpha value is -2.49. The summed E-state index contributed by atoms with van der Waals surface area (Å²) in [6, 6.07) is 10.3. The molecule has 4 bridgehead atoms. The number of hydrogen-bond donors (Lipinski definition) is 0. The first-order chi connectivity index (χ1) is 13.2. The van der Waals surface area contributed by atoms with Crippen molar-refractivity contribution in [3.8, 4) is 0 Å². The third-order valence-corrected chi connectivity index (χ3v) is 6.86. The third kappa shape index (κ3) is 2.53. The second-order valence-electron chi connectivity index (χ2n) is 8.19. The number of carbonyl (C=O) groups is 2. The Morgan fingerprint density at radius 1 is 1.07 bits per heavy atom. The Kier molecular flexibility index (Phi) is 3.88. The standard InChI is InChI=1S/C23H24N2O2/c26-19-8-6-17-14-18-7-10-20(17)21(11-9-19)23(18)22(27)25(15-24-23)13-12-16-4-2-1-3-5-16/h1-6,8,15,18,21H,7,9-14H2/t18?,21-,23-/m0/s1. The zero-order chi connectivity index (χ0) is 18.4. The number of ketones is 1. The highest BCUT2D eigenvalue weighted by atomic mass is 16.2. The van der Waals surface area contributed by atoms with Gasteiger partial charge in [0, 0.05) is 18.9 Å². The second kappa shape index (κ2) is 6.29. The van der Waals surface area contributed by atoms with Crippen molar-refractivity contribution >= 4 is 18.0 Å². The third-order valence-electron chi connectivity index (χ3n) is 6.86. The van der Waals surface area contributed by atoms with Crippen molar-refractivity contribution < 1.29 is 9.59 Å². The molecule has 1 saturated carbocycles. The van der Waals surface area contributed by atoms with Crippen molar-refractivity contribution in [3.63, 3.8) is 0 Å². The lowest BCUT2D eigenvalue weighted by molar-refractivity contribution is -0.136. The summed E-state index contributed by atoms with van der Waals surface area (Å²) < 4.78 is 0. The van der Waals surface area contributed by atoms with Crippen LogP contribution in [0.15, 0.2) is 58.6 Å². The van der Waals surface area contributed by atoms with E-state index in [0.717, 1.165) is 32.1 Å². The fourth-order valence-electron chi connectivity index (χ4n) is 5.52. The van der Waals surface area contributed by atoms with E-state index in [2.05, 4.69) is 12.1 Å². The van der Waals surface area contributed by atoms with Gasteiger partial charge in [0.2, 0.25) is 0 Å². The highest BCUT2D eigenvalue weighted by Gasteiger charge is 2.60. The Balaban J connectivity index is 1.43. The van der Waals surface area contributed by atoms with Gasteiger partial charge in [0.15, 0.2) is 11.3 Å². The van der Waals surface area contributed by atoms with E-state index in [1.807, 2.05) is 29.2 Å². The molecule has 27 heavy (non-hydrogen) atoms. The molecule has 1 fully saturated rings. The van der Waals surface area contributed by atoms with Gasteiger partial charge in [-0.15, -0.1) is 0 Å². The molecule has 138 valence electrons. The molecule has 4 nitrogen and oxygen atoms in total. The number of carbonyl (C=O) groups excluding carboxylic acids is 2. The van der Waals surface area contributed by atoms with Crippen LogP contribution >= 0.6 is 0 Å². The minimum absolute atomic E-state index is 0.0966. The molecule has 1 spiro atoms. The molecule has 4 aliphatic carbocycles. The van der Waals surface area contributed by atoms with Gasteiger partial charge in [-0.1, -0.05) is 42.0 Å². The second-order valence-corrected chi connectivity index (χ2v) is 8.19. The maximum absolute atomic E-state index is 13.5. The van der Waals surface area contributed by atoms with Gasteiger partial charge in [-0.2, -0.15) is 0 Å². The van der Waals surface area contributed by atoms with Crippen LogP contribution in [0.4, 0.5) is 0 Å². The van der Waals surface area contributed by atoms with E-state index in [4.69, 9.17) is 4.99 Å². The molecule has 4 heteroatoms. The fourth-order valence-corrected chi connectivity index (χ4v) is 5.52. The van der Waals surface area contributed by atoms with Gasteiger partial charge in [0.05, 0.1) is 6.34 Å². The molecule has 1 aromatic rings. The molecule has 0 saturated heterocycles. The smallest absolute Gasteiger partial charge is 0.256 e. The Bertz CT molecular complexity index is 883. The summed E-state index contributed by atoms with van der Waals surface area (Å²) in [5.41, 5.74) is 3.26. The van der Waals surface area contributed by atoms with Gasteiger partial charge in [0.25, 0.3) is 5.91 Å². The SMILES string of the molecule is O=C1C=CC2=C3CCC(C2)[C@]2(N=CN(CCc4ccccc4)C2=O)[C@H]3CC1. The monoisotopic (exact) mass is 360 g/mol. The normalized spacial score (nSPS) is 31.8. The van der Waals surface area contributed by atoms with Crippen LogP contribution in [0.2, 0.25) is 0 Å². The van der Waals surface area contributed by atoms with Crippen molar-refractivity contribution in [2.45, 2.75) is 44.1 Å². The molecular weight excluding hydrogens is 336 g/mol. The summed E-state index contributed by atoms with van der Waals surface area (Å²) in [4.78, 5) is 32.3. The van der Waals surface area contributed by atoms with Gasteiger partial charge in [-0.05, 0) is 55.2 Å². The summed E-state index contributed by atoms with van der Waals surface area (Å²) in [5, 5.41) is 0.